The number of nitrogens with zero attached hydrogens (tertiary/aromatic N) is 1. The number of hydrogen-bond donors (Lipinski definition) is 0. The lowest BCUT2D eigenvalue weighted by atomic mass is 9.91. The van der Waals surface area contributed by atoms with E-state index in [4.69, 9.17) is 18.9 Å². The normalized spacial score (nSPS) is 14.9. The summed E-state index contributed by atoms with van der Waals surface area (Å²) in [4.78, 5) is 15.5. The lowest BCUT2D eigenvalue weighted by Gasteiger charge is -2.38. The number of amides is 1. The summed E-state index contributed by atoms with van der Waals surface area (Å²) in [6, 6.07) is 18.8. The average Bonchev–Trinajstić information content (AvgIpc) is 2.86. The predicted octanol–water partition coefficient (Wildman–Crippen LogP) is 4.84. The van der Waals surface area contributed by atoms with Crippen molar-refractivity contribution >= 4 is 5.91 Å². The van der Waals surface area contributed by atoms with Crippen molar-refractivity contribution in [3.63, 3.8) is 0 Å². The molecule has 0 saturated heterocycles. The number of fused-ring (bicyclic) bond motifs is 1. The molecule has 0 aliphatic carbocycles. The third kappa shape index (κ3) is 4.46. The molecule has 172 valence electrons. The van der Waals surface area contributed by atoms with Gasteiger partial charge in [0.15, 0.2) is 23.0 Å². The maximum Gasteiger partial charge on any atom is 0.254 e. The molecule has 0 saturated carbocycles. The first-order valence-corrected chi connectivity index (χ1v) is 10.9. The van der Waals surface area contributed by atoms with Crippen LogP contribution in [0.2, 0.25) is 0 Å². The Labute approximate surface area is 194 Å². The van der Waals surface area contributed by atoms with Gasteiger partial charge in [0.05, 0.1) is 27.4 Å². The van der Waals surface area contributed by atoms with Gasteiger partial charge in [0.25, 0.3) is 5.91 Å². The van der Waals surface area contributed by atoms with Crippen LogP contribution in [0.15, 0.2) is 60.7 Å². The Hall–Kier alpha value is -3.67. The zero-order chi connectivity index (χ0) is 23.4. The van der Waals surface area contributed by atoms with E-state index in [1.807, 2.05) is 72.5 Å². The summed E-state index contributed by atoms with van der Waals surface area (Å²) in [6.45, 7) is 2.81. The van der Waals surface area contributed by atoms with Crippen LogP contribution < -0.4 is 18.9 Å². The SMILES string of the molecule is COc1cc2c(cc1OC)[C@H](COc1ccccc1OC)N(C(=O)c1ccccc1C)CC2. The van der Waals surface area contributed by atoms with Gasteiger partial charge in [-0.3, -0.25) is 4.79 Å². The zero-order valence-electron chi connectivity index (χ0n) is 19.5. The number of ether oxygens (including phenoxy) is 4. The maximum absolute atomic E-state index is 13.6. The fraction of sp³-hybridized carbons (Fsp3) is 0.296. The topological polar surface area (TPSA) is 57.2 Å². The number of methoxy groups -OCH3 is 3. The van der Waals surface area contributed by atoms with Gasteiger partial charge in [-0.05, 0) is 60.4 Å². The molecular formula is C27H29NO5. The summed E-state index contributed by atoms with van der Waals surface area (Å²) in [6.07, 6.45) is 0.721. The Bertz CT molecular complexity index is 1140. The Balaban J connectivity index is 1.73. The Morgan fingerprint density at radius 1 is 0.879 bits per heavy atom. The second-order valence-electron chi connectivity index (χ2n) is 7.95. The standard InChI is InChI=1S/C27H29NO5/c1-18-9-5-6-10-20(18)27(29)28-14-13-19-15-25(31-3)26(32-4)16-21(19)22(28)17-33-24-12-8-7-11-23(24)30-2/h5-12,15-16,22H,13-14,17H2,1-4H3/t22-/m0/s1. The third-order valence-corrected chi connectivity index (χ3v) is 6.10. The van der Waals surface area contributed by atoms with Crippen molar-refractivity contribution in [1.29, 1.82) is 0 Å². The lowest BCUT2D eigenvalue weighted by molar-refractivity contribution is 0.0586. The van der Waals surface area contributed by atoms with Crippen LogP contribution in [0.3, 0.4) is 0 Å². The summed E-state index contributed by atoms with van der Waals surface area (Å²) in [5.74, 6) is 2.58. The number of carbonyl (C=O) groups is 1. The van der Waals surface area contributed by atoms with Crippen molar-refractivity contribution in [3.8, 4) is 23.0 Å². The minimum Gasteiger partial charge on any atom is -0.493 e. The van der Waals surface area contributed by atoms with E-state index in [9.17, 15) is 4.79 Å². The molecule has 0 fully saturated rings. The fourth-order valence-electron chi connectivity index (χ4n) is 4.33. The van der Waals surface area contributed by atoms with Gasteiger partial charge in [0.1, 0.15) is 6.61 Å². The van der Waals surface area contributed by atoms with E-state index in [1.54, 1.807) is 21.3 Å². The second-order valence-corrected chi connectivity index (χ2v) is 7.95. The van der Waals surface area contributed by atoms with E-state index in [2.05, 4.69) is 0 Å². The van der Waals surface area contributed by atoms with Crippen molar-refractivity contribution in [2.45, 2.75) is 19.4 Å². The highest BCUT2D eigenvalue weighted by molar-refractivity contribution is 5.96. The van der Waals surface area contributed by atoms with E-state index >= 15 is 0 Å². The molecule has 0 unspecified atom stereocenters. The van der Waals surface area contributed by atoms with Crippen LogP contribution in [-0.4, -0.2) is 45.3 Å². The summed E-state index contributed by atoms with van der Waals surface area (Å²) < 4.78 is 22.7. The number of benzene rings is 3. The van der Waals surface area contributed by atoms with E-state index < -0.39 is 0 Å². The van der Waals surface area contributed by atoms with Gasteiger partial charge in [-0.2, -0.15) is 0 Å². The van der Waals surface area contributed by atoms with E-state index in [0.717, 1.165) is 23.1 Å². The fourth-order valence-corrected chi connectivity index (χ4v) is 4.33. The smallest absolute Gasteiger partial charge is 0.254 e. The molecule has 4 rings (SSSR count). The highest BCUT2D eigenvalue weighted by Gasteiger charge is 2.34. The van der Waals surface area contributed by atoms with E-state index in [0.29, 0.717) is 35.1 Å². The van der Waals surface area contributed by atoms with Crippen molar-refractivity contribution in [2.75, 3.05) is 34.5 Å². The van der Waals surface area contributed by atoms with Crippen LogP contribution >= 0.6 is 0 Å². The Morgan fingerprint density at radius 3 is 2.21 bits per heavy atom. The molecule has 1 amide bonds. The van der Waals surface area contributed by atoms with Gasteiger partial charge in [0, 0.05) is 12.1 Å². The summed E-state index contributed by atoms with van der Waals surface area (Å²) in [7, 11) is 4.86. The number of aryl methyl sites for hydroxylation is 1. The van der Waals surface area contributed by atoms with Crippen LogP contribution in [0.25, 0.3) is 0 Å². The minimum atomic E-state index is -0.300. The number of hydrogen-bond acceptors (Lipinski definition) is 5. The number of rotatable bonds is 7. The maximum atomic E-state index is 13.6. The summed E-state index contributed by atoms with van der Waals surface area (Å²) in [5, 5.41) is 0. The molecule has 1 aliphatic heterocycles. The first-order valence-electron chi connectivity index (χ1n) is 10.9. The van der Waals surface area contributed by atoms with Gasteiger partial charge in [0.2, 0.25) is 0 Å². The predicted molar refractivity (Wildman–Crippen MR) is 127 cm³/mol. The third-order valence-electron chi connectivity index (χ3n) is 6.10. The largest absolute Gasteiger partial charge is 0.493 e. The van der Waals surface area contributed by atoms with Gasteiger partial charge in [-0.25, -0.2) is 0 Å². The van der Waals surface area contributed by atoms with Crippen molar-refractivity contribution in [1.82, 2.24) is 4.90 Å². The Morgan fingerprint density at radius 2 is 1.52 bits per heavy atom. The van der Waals surface area contributed by atoms with Crippen molar-refractivity contribution in [3.05, 3.63) is 82.9 Å². The highest BCUT2D eigenvalue weighted by Crippen LogP contribution is 2.39. The van der Waals surface area contributed by atoms with E-state index in [-0.39, 0.29) is 18.6 Å². The van der Waals surface area contributed by atoms with Crippen LogP contribution in [-0.2, 0) is 6.42 Å². The molecule has 3 aromatic carbocycles. The van der Waals surface area contributed by atoms with Crippen LogP contribution in [0.1, 0.15) is 33.1 Å². The first kappa shape index (κ1) is 22.5. The molecule has 0 radical (unpaired) electrons. The minimum absolute atomic E-state index is 0.0119. The van der Waals surface area contributed by atoms with Crippen LogP contribution in [0, 0.1) is 6.92 Å². The molecule has 33 heavy (non-hydrogen) atoms. The van der Waals surface area contributed by atoms with E-state index in [1.165, 1.54) is 0 Å². The molecule has 0 aromatic heterocycles. The molecule has 6 nitrogen and oxygen atoms in total. The Kier molecular flexibility index (Phi) is 6.73. The number of para-hydroxylation sites is 2. The van der Waals surface area contributed by atoms with Gasteiger partial charge in [-0.15, -0.1) is 0 Å². The van der Waals surface area contributed by atoms with Crippen LogP contribution in [0.4, 0.5) is 0 Å². The first-order chi connectivity index (χ1) is 16.1. The highest BCUT2D eigenvalue weighted by atomic mass is 16.5. The zero-order valence-corrected chi connectivity index (χ0v) is 19.5. The average molecular weight is 448 g/mol. The molecule has 0 N–H and O–H groups in total. The molecule has 3 aromatic rings. The lowest BCUT2D eigenvalue weighted by Crippen LogP contribution is -2.42. The molecule has 6 heteroatoms. The molecular weight excluding hydrogens is 418 g/mol. The molecule has 0 bridgehead atoms. The molecule has 0 spiro atoms. The van der Waals surface area contributed by atoms with Gasteiger partial charge >= 0.3 is 0 Å². The van der Waals surface area contributed by atoms with Crippen molar-refractivity contribution < 1.29 is 23.7 Å². The molecule has 1 heterocycles. The molecule has 1 atom stereocenters. The van der Waals surface area contributed by atoms with Gasteiger partial charge in [-0.1, -0.05) is 30.3 Å². The summed E-state index contributed by atoms with van der Waals surface area (Å²) >= 11 is 0. The number of carbonyl (C=O) groups excluding carboxylic acids is 1. The summed E-state index contributed by atoms with van der Waals surface area (Å²) in [5.41, 5.74) is 3.76. The van der Waals surface area contributed by atoms with Crippen LogP contribution in [0.5, 0.6) is 23.0 Å². The quantitative estimate of drug-likeness (QED) is 0.519. The monoisotopic (exact) mass is 447 g/mol. The van der Waals surface area contributed by atoms with Crippen molar-refractivity contribution in [2.24, 2.45) is 0 Å². The second kappa shape index (κ2) is 9.86. The molecule has 1 aliphatic rings. The van der Waals surface area contributed by atoms with Gasteiger partial charge < -0.3 is 23.8 Å².